The molecule has 4 heteroatoms. The molecule has 0 aromatic heterocycles. The van der Waals surface area contributed by atoms with Crippen LogP contribution in [0.15, 0.2) is 12.1 Å². The van der Waals surface area contributed by atoms with E-state index in [1.54, 1.807) is 13.0 Å². The Hall–Kier alpha value is -1.06. The minimum absolute atomic E-state index is 0.0744. The molecule has 1 aliphatic carbocycles. The minimum atomic E-state index is -2.60. The van der Waals surface area contributed by atoms with Crippen LogP contribution < -0.4 is 0 Å². The van der Waals surface area contributed by atoms with Crippen molar-refractivity contribution in [3.63, 3.8) is 0 Å². The summed E-state index contributed by atoms with van der Waals surface area (Å²) in [6, 6.07) is 2.64. The maximum Gasteiger partial charge on any atom is 0.248 e. The smallest absolute Gasteiger partial charge is 0.207 e. The number of hydrogen-bond donors (Lipinski definition) is 0. The van der Waals surface area contributed by atoms with Gasteiger partial charge in [-0.05, 0) is 42.4 Å². The van der Waals surface area contributed by atoms with Gasteiger partial charge in [0.15, 0.2) is 11.6 Å². The Morgan fingerprint density at radius 3 is 2.33 bits per heavy atom. The average molecular weight is 260 g/mol. The van der Waals surface area contributed by atoms with Crippen LogP contribution >= 0.6 is 0 Å². The number of alkyl halides is 2. The highest BCUT2D eigenvalue weighted by Gasteiger charge is 2.36. The molecule has 0 nitrogen and oxygen atoms in total. The molecule has 1 aliphatic rings. The van der Waals surface area contributed by atoms with Crippen LogP contribution in [0.3, 0.4) is 0 Å². The zero-order valence-electron chi connectivity index (χ0n) is 10.3. The molecule has 100 valence electrons. The van der Waals surface area contributed by atoms with E-state index < -0.39 is 17.6 Å². The second kappa shape index (κ2) is 4.90. The fourth-order valence-corrected chi connectivity index (χ4v) is 2.70. The van der Waals surface area contributed by atoms with Crippen LogP contribution in [0.2, 0.25) is 0 Å². The third kappa shape index (κ3) is 2.52. The van der Waals surface area contributed by atoms with E-state index in [0.717, 1.165) is 6.07 Å². The standard InChI is InChI=1S/C14H16F4/c1-2-10-11(3-4-12(15)13(10)16)9-5-7-14(17,18)8-6-9/h3-4,9H,2,5-8H2,1H3. The SMILES string of the molecule is CCc1c(C2CCC(F)(F)CC2)ccc(F)c1F. The van der Waals surface area contributed by atoms with Crippen LogP contribution in [0.4, 0.5) is 17.6 Å². The Kier molecular flexibility index (Phi) is 3.64. The maximum absolute atomic E-state index is 13.6. The monoisotopic (exact) mass is 260 g/mol. The molecule has 1 aromatic carbocycles. The van der Waals surface area contributed by atoms with Crippen molar-refractivity contribution >= 4 is 0 Å². The molecule has 1 fully saturated rings. The second-order valence-electron chi connectivity index (χ2n) is 4.91. The molecule has 0 atom stereocenters. The fraction of sp³-hybridized carbons (Fsp3) is 0.571. The van der Waals surface area contributed by atoms with Gasteiger partial charge < -0.3 is 0 Å². The van der Waals surface area contributed by atoms with Crippen LogP contribution in [-0.4, -0.2) is 5.92 Å². The van der Waals surface area contributed by atoms with Crippen molar-refractivity contribution in [2.24, 2.45) is 0 Å². The molecule has 0 bridgehead atoms. The average Bonchev–Trinajstić information content (AvgIpc) is 2.33. The number of benzene rings is 1. The maximum atomic E-state index is 13.6. The summed E-state index contributed by atoms with van der Waals surface area (Å²) in [5.74, 6) is -4.36. The lowest BCUT2D eigenvalue weighted by molar-refractivity contribution is -0.0382. The van der Waals surface area contributed by atoms with Gasteiger partial charge in [0, 0.05) is 12.8 Å². The van der Waals surface area contributed by atoms with Gasteiger partial charge in [0.25, 0.3) is 0 Å². The van der Waals surface area contributed by atoms with Gasteiger partial charge in [0.2, 0.25) is 5.92 Å². The van der Waals surface area contributed by atoms with Crippen molar-refractivity contribution in [1.29, 1.82) is 0 Å². The summed E-state index contributed by atoms with van der Waals surface area (Å²) in [6.45, 7) is 1.75. The fourth-order valence-electron chi connectivity index (χ4n) is 2.70. The van der Waals surface area contributed by atoms with Gasteiger partial charge in [-0.3, -0.25) is 0 Å². The molecule has 0 heterocycles. The normalized spacial score (nSPS) is 20.1. The van der Waals surface area contributed by atoms with Gasteiger partial charge >= 0.3 is 0 Å². The first-order valence-electron chi connectivity index (χ1n) is 6.29. The predicted molar refractivity (Wildman–Crippen MR) is 61.9 cm³/mol. The molecule has 0 N–H and O–H groups in total. The first-order valence-corrected chi connectivity index (χ1v) is 6.29. The van der Waals surface area contributed by atoms with Gasteiger partial charge in [-0.15, -0.1) is 0 Å². The molecule has 0 aliphatic heterocycles. The zero-order valence-corrected chi connectivity index (χ0v) is 10.3. The van der Waals surface area contributed by atoms with Crippen molar-refractivity contribution in [3.8, 4) is 0 Å². The molecular formula is C14H16F4. The van der Waals surface area contributed by atoms with E-state index in [1.807, 2.05) is 0 Å². The summed E-state index contributed by atoms with van der Waals surface area (Å²) in [4.78, 5) is 0. The summed E-state index contributed by atoms with van der Waals surface area (Å²) >= 11 is 0. The van der Waals surface area contributed by atoms with E-state index in [-0.39, 0.29) is 18.8 Å². The number of rotatable bonds is 2. The van der Waals surface area contributed by atoms with E-state index >= 15 is 0 Å². The highest BCUT2D eigenvalue weighted by atomic mass is 19.3. The van der Waals surface area contributed by atoms with Crippen molar-refractivity contribution in [1.82, 2.24) is 0 Å². The molecule has 1 aromatic rings. The topological polar surface area (TPSA) is 0 Å². The second-order valence-corrected chi connectivity index (χ2v) is 4.91. The first kappa shape index (κ1) is 13.4. The van der Waals surface area contributed by atoms with Crippen molar-refractivity contribution in [2.45, 2.75) is 50.9 Å². The van der Waals surface area contributed by atoms with Gasteiger partial charge in [0.1, 0.15) is 0 Å². The highest BCUT2D eigenvalue weighted by Crippen LogP contribution is 2.42. The minimum Gasteiger partial charge on any atom is -0.207 e. The Morgan fingerprint density at radius 1 is 1.17 bits per heavy atom. The van der Waals surface area contributed by atoms with Crippen molar-refractivity contribution in [3.05, 3.63) is 34.9 Å². The van der Waals surface area contributed by atoms with E-state index in [2.05, 4.69) is 0 Å². The number of hydrogen-bond acceptors (Lipinski definition) is 0. The quantitative estimate of drug-likeness (QED) is 0.669. The molecule has 0 saturated heterocycles. The number of halogens is 4. The largest absolute Gasteiger partial charge is 0.248 e. The summed E-state index contributed by atoms with van der Waals surface area (Å²) in [6.07, 6.45) is 0.724. The Bertz CT molecular complexity index is 430. The van der Waals surface area contributed by atoms with Crippen LogP contribution in [0.5, 0.6) is 0 Å². The lowest BCUT2D eigenvalue weighted by atomic mass is 9.80. The van der Waals surface area contributed by atoms with Crippen LogP contribution in [0, 0.1) is 11.6 Å². The summed E-state index contributed by atoms with van der Waals surface area (Å²) < 4.78 is 53.0. The molecule has 0 radical (unpaired) electrons. The van der Waals surface area contributed by atoms with Crippen LogP contribution in [0.25, 0.3) is 0 Å². The molecule has 0 amide bonds. The zero-order chi connectivity index (χ0) is 13.3. The highest BCUT2D eigenvalue weighted by molar-refractivity contribution is 5.33. The lowest BCUT2D eigenvalue weighted by Gasteiger charge is -2.29. The van der Waals surface area contributed by atoms with E-state index in [4.69, 9.17) is 0 Å². The van der Waals surface area contributed by atoms with E-state index in [9.17, 15) is 17.6 Å². The van der Waals surface area contributed by atoms with Gasteiger partial charge in [0.05, 0.1) is 0 Å². The van der Waals surface area contributed by atoms with Crippen LogP contribution in [0.1, 0.15) is 49.7 Å². The van der Waals surface area contributed by atoms with Gasteiger partial charge in [-0.25, -0.2) is 17.6 Å². The van der Waals surface area contributed by atoms with E-state index in [0.29, 0.717) is 30.4 Å². The van der Waals surface area contributed by atoms with Crippen molar-refractivity contribution in [2.75, 3.05) is 0 Å². The molecule has 2 rings (SSSR count). The summed E-state index contributed by atoms with van der Waals surface area (Å²) in [7, 11) is 0. The van der Waals surface area contributed by atoms with Gasteiger partial charge in [-0.2, -0.15) is 0 Å². The third-order valence-corrected chi connectivity index (χ3v) is 3.74. The molecule has 0 unspecified atom stereocenters. The molecular weight excluding hydrogens is 244 g/mol. The Morgan fingerprint density at radius 2 is 1.78 bits per heavy atom. The third-order valence-electron chi connectivity index (χ3n) is 3.74. The molecule has 0 spiro atoms. The molecule has 1 saturated carbocycles. The van der Waals surface area contributed by atoms with Crippen molar-refractivity contribution < 1.29 is 17.6 Å². The van der Waals surface area contributed by atoms with Crippen LogP contribution in [-0.2, 0) is 6.42 Å². The van der Waals surface area contributed by atoms with Gasteiger partial charge in [-0.1, -0.05) is 13.0 Å². The Labute approximate surface area is 104 Å². The summed E-state index contributed by atoms with van der Waals surface area (Å²) in [5.41, 5.74) is 1.04. The Balaban J connectivity index is 2.27. The summed E-state index contributed by atoms with van der Waals surface area (Å²) in [5, 5.41) is 0. The van der Waals surface area contributed by atoms with E-state index in [1.165, 1.54) is 0 Å². The first-order chi connectivity index (χ1) is 8.44. The predicted octanol–water partition coefficient (Wildman–Crippen LogP) is 4.82. The lowest BCUT2D eigenvalue weighted by Crippen LogP contribution is -2.24. The molecule has 18 heavy (non-hydrogen) atoms.